The van der Waals surface area contributed by atoms with E-state index in [0.29, 0.717) is 6.61 Å². The summed E-state index contributed by atoms with van der Waals surface area (Å²) in [6.07, 6.45) is 4.75. The lowest BCUT2D eigenvalue weighted by atomic mass is 9.50. The van der Waals surface area contributed by atoms with Crippen molar-refractivity contribution in [2.75, 3.05) is 20.3 Å². The van der Waals surface area contributed by atoms with Gasteiger partial charge < -0.3 is 24.4 Å². The van der Waals surface area contributed by atoms with E-state index >= 15 is 0 Å². The van der Waals surface area contributed by atoms with Crippen molar-refractivity contribution in [3.05, 3.63) is 11.6 Å². The molecule has 1 unspecified atom stereocenters. The van der Waals surface area contributed by atoms with E-state index in [-0.39, 0.29) is 41.8 Å². The van der Waals surface area contributed by atoms with Crippen LogP contribution in [0.15, 0.2) is 11.6 Å². The third-order valence-corrected chi connectivity index (χ3v) is 8.01. The van der Waals surface area contributed by atoms with E-state index in [1.807, 2.05) is 6.08 Å². The quantitative estimate of drug-likeness (QED) is 0.478. The van der Waals surface area contributed by atoms with Crippen LogP contribution in [0.25, 0.3) is 0 Å². The molecule has 0 radical (unpaired) electrons. The maximum atomic E-state index is 13.1. The van der Waals surface area contributed by atoms with Gasteiger partial charge in [0.15, 0.2) is 0 Å². The van der Waals surface area contributed by atoms with E-state index in [2.05, 4.69) is 6.92 Å². The number of ether oxygens (including phenoxy) is 3. The number of rotatable bonds is 7. The average molecular weight is 425 g/mol. The molecule has 3 aliphatic rings. The number of carbonyl (C=O) groups excluding carboxylic acids is 2. The number of hydrogen-bond donors (Lipinski definition) is 2. The normalized spacial score (nSPS) is 36.9. The molecule has 0 aromatic carbocycles. The van der Waals surface area contributed by atoms with Gasteiger partial charge in [0.2, 0.25) is 0 Å². The Morgan fingerprint density at radius 1 is 1.30 bits per heavy atom. The first-order valence-electron chi connectivity index (χ1n) is 10.9. The molecule has 1 saturated heterocycles. The predicted octanol–water partition coefficient (Wildman–Crippen LogP) is 2.38. The summed E-state index contributed by atoms with van der Waals surface area (Å²) in [7, 11) is 1.41. The van der Waals surface area contributed by atoms with Crippen molar-refractivity contribution in [2.24, 2.45) is 22.7 Å². The molecule has 7 nitrogen and oxygen atoms in total. The molecule has 7 heteroatoms. The fraction of sp³-hybridized carbons (Fsp3) is 0.826. The Bertz CT molecular complexity index is 699. The molecule has 2 bridgehead atoms. The zero-order valence-corrected chi connectivity index (χ0v) is 18.8. The van der Waals surface area contributed by atoms with Crippen LogP contribution < -0.4 is 0 Å². The zero-order chi connectivity index (χ0) is 22.3. The van der Waals surface area contributed by atoms with Gasteiger partial charge in [-0.2, -0.15) is 0 Å². The fourth-order valence-electron chi connectivity index (χ4n) is 6.05. The lowest BCUT2D eigenvalue weighted by molar-refractivity contribution is -0.161. The topological polar surface area (TPSA) is 102 Å². The van der Waals surface area contributed by atoms with Crippen LogP contribution in [0.5, 0.6) is 0 Å². The van der Waals surface area contributed by atoms with Crippen molar-refractivity contribution in [1.29, 1.82) is 0 Å². The molecular weight excluding hydrogens is 388 g/mol. The third-order valence-electron chi connectivity index (χ3n) is 8.01. The van der Waals surface area contributed by atoms with Crippen molar-refractivity contribution in [1.82, 2.24) is 0 Å². The Morgan fingerprint density at radius 2 is 2.00 bits per heavy atom. The van der Waals surface area contributed by atoms with E-state index < -0.39 is 23.6 Å². The molecule has 6 atom stereocenters. The van der Waals surface area contributed by atoms with Crippen LogP contribution in [0.1, 0.15) is 59.8 Å². The number of esters is 2. The number of carbonyl (C=O) groups is 2. The highest BCUT2D eigenvalue weighted by Crippen LogP contribution is 2.69. The number of aliphatic hydroxyl groups excluding tert-OH is 1. The monoisotopic (exact) mass is 424 g/mol. The predicted molar refractivity (Wildman–Crippen MR) is 109 cm³/mol. The van der Waals surface area contributed by atoms with Crippen LogP contribution >= 0.6 is 0 Å². The maximum absolute atomic E-state index is 13.1. The molecule has 0 amide bonds. The summed E-state index contributed by atoms with van der Waals surface area (Å²) in [6, 6.07) is 0. The molecule has 0 aromatic rings. The van der Waals surface area contributed by atoms with E-state index in [0.717, 1.165) is 31.3 Å². The Kier molecular flexibility index (Phi) is 6.38. The molecule has 3 fully saturated rings. The fourth-order valence-corrected chi connectivity index (χ4v) is 6.05. The lowest BCUT2D eigenvalue weighted by Crippen LogP contribution is -2.53. The average Bonchev–Trinajstić information content (AvgIpc) is 3.13. The molecule has 0 aromatic heterocycles. The van der Waals surface area contributed by atoms with Gasteiger partial charge in [-0.3, -0.25) is 9.59 Å². The van der Waals surface area contributed by atoms with Gasteiger partial charge in [0.05, 0.1) is 37.4 Å². The lowest BCUT2D eigenvalue weighted by Gasteiger charge is -2.51. The van der Waals surface area contributed by atoms with E-state index in [9.17, 15) is 19.8 Å². The van der Waals surface area contributed by atoms with E-state index in [1.165, 1.54) is 14.0 Å². The molecular formula is C23H36O7. The minimum absolute atomic E-state index is 0.0587. The van der Waals surface area contributed by atoms with Gasteiger partial charge in [0, 0.05) is 17.8 Å². The van der Waals surface area contributed by atoms with Crippen LogP contribution in [-0.4, -0.2) is 60.3 Å². The van der Waals surface area contributed by atoms with Gasteiger partial charge in [-0.05, 0) is 57.4 Å². The molecule has 2 saturated carbocycles. The largest absolute Gasteiger partial charge is 0.469 e. The van der Waals surface area contributed by atoms with E-state index in [1.54, 1.807) is 13.8 Å². The van der Waals surface area contributed by atoms with Gasteiger partial charge in [0.25, 0.3) is 0 Å². The van der Waals surface area contributed by atoms with E-state index in [4.69, 9.17) is 14.2 Å². The first kappa shape index (κ1) is 23.2. The number of aliphatic hydroxyl groups is 2. The summed E-state index contributed by atoms with van der Waals surface area (Å²) in [4.78, 5) is 24.6. The molecule has 2 aliphatic carbocycles. The van der Waals surface area contributed by atoms with Gasteiger partial charge in [-0.15, -0.1) is 0 Å². The number of hydrogen-bond acceptors (Lipinski definition) is 7. The molecule has 1 aliphatic heterocycles. The third kappa shape index (κ3) is 3.80. The summed E-state index contributed by atoms with van der Waals surface area (Å²) in [5.74, 6) is -1.22. The smallest absolute Gasteiger partial charge is 0.309 e. The van der Waals surface area contributed by atoms with Crippen molar-refractivity contribution < 1.29 is 34.0 Å². The van der Waals surface area contributed by atoms with Crippen LogP contribution in [0.3, 0.4) is 0 Å². The Labute approximate surface area is 178 Å². The van der Waals surface area contributed by atoms with Crippen molar-refractivity contribution in [3.8, 4) is 0 Å². The standard InChI is InChI=1S/C23H36O7/c1-14(24)29-12-15(6-7-17(25)21(2,3)27)16-8-10-22(4)18-9-11-23(22,13-30-18)19(16)20(26)28-5/h6,16-19,25,27H,7-13H2,1-5H3/b15-6-/t16-,17?,18+,19+,22-,23+/m1/s1. The van der Waals surface area contributed by atoms with Gasteiger partial charge in [0.1, 0.15) is 6.61 Å². The molecule has 170 valence electrons. The summed E-state index contributed by atoms with van der Waals surface area (Å²) in [5.41, 5.74) is -0.818. The molecule has 0 spiro atoms. The summed E-state index contributed by atoms with van der Waals surface area (Å²) < 4.78 is 16.7. The Balaban J connectivity index is 1.96. The van der Waals surface area contributed by atoms with Crippen LogP contribution in [0.2, 0.25) is 0 Å². The van der Waals surface area contributed by atoms with Crippen molar-refractivity contribution >= 4 is 11.9 Å². The van der Waals surface area contributed by atoms with Crippen LogP contribution in [-0.2, 0) is 23.8 Å². The second-order valence-corrected chi connectivity index (χ2v) is 10.0. The second kappa shape index (κ2) is 8.24. The highest BCUT2D eigenvalue weighted by Gasteiger charge is 2.70. The summed E-state index contributed by atoms with van der Waals surface area (Å²) in [6.45, 7) is 7.28. The molecule has 2 N–H and O–H groups in total. The van der Waals surface area contributed by atoms with Gasteiger partial charge in [-0.25, -0.2) is 0 Å². The molecule has 3 rings (SSSR count). The Morgan fingerprint density at radius 3 is 2.53 bits per heavy atom. The van der Waals surface area contributed by atoms with Crippen LogP contribution in [0, 0.1) is 22.7 Å². The number of methoxy groups -OCH3 is 1. The second-order valence-electron chi connectivity index (χ2n) is 10.0. The van der Waals surface area contributed by atoms with Crippen LogP contribution in [0.4, 0.5) is 0 Å². The Hall–Kier alpha value is -1.44. The van der Waals surface area contributed by atoms with Crippen molar-refractivity contribution in [2.45, 2.75) is 77.6 Å². The van der Waals surface area contributed by atoms with Crippen molar-refractivity contribution in [3.63, 3.8) is 0 Å². The highest BCUT2D eigenvalue weighted by atomic mass is 16.5. The zero-order valence-electron chi connectivity index (χ0n) is 18.8. The summed E-state index contributed by atoms with van der Waals surface area (Å²) >= 11 is 0. The maximum Gasteiger partial charge on any atom is 0.309 e. The molecule has 30 heavy (non-hydrogen) atoms. The highest BCUT2D eigenvalue weighted by molar-refractivity contribution is 5.75. The minimum atomic E-state index is -1.26. The van der Waals surface area contributed by atoms with Gasteiger partial charge in [-0.1, -0.05) is 13.0 Å². The minimum Gasteiger partial charge on any atom is -0.469 e. The first-order chi connectivity index (χ1) is 14.0. The SMILES string of the molecule is COC(=O)[C@@H]1[C@@H](/C(=C\CC(O)C(C)(C)O)COC(C)=O)CC[C@]2(C)[C@@H]3CC[C@]12CO3. The molecule has 1 heterocycles. The summed E-state index contributed by atoms with van der Waals surface area (Å²) in [5, 5.41) is 20.4. The van der Waals surface area contributed by atoms with Gasteiger partial charge >= 0.3 is 11.9 Å². The first-order valence-corrected chi connectivity index (χ1v) is 10.9.